The number of epoxide rings is 2. The van der Waals surface area contributed by atoms with E-state index in [-0.39, 0.29) is 58.8 Å². The van der Waals surface area contributed by atoms with E-state index in [0.29, 0.717) is 65.7 Å². The Morgan fingerprint density at radius 3 is 1.22 bits per heavy atom. The molecule has 8 unspecified atom stereocenters. The maximum absolute atomic E-state index is 6.91. The van der Waals surface area contributed by atoms with Gasteiger partial charge < -0.3 is 47.4 Å². The van der Waals surface area contributed by atoms with E-state index < -0.39 is 11.6 Å². The molecular formula is C54H84N2O12. The first-order valence-corrected chi connectivity index (χ1v) is 26.0. The third kappa shape index (κ3) is 12.2. The van der Waals surface area contributed by atoms with E-state index >= 15 is 0 Å². The van der Waals surface area contributed by atoms with Crippen LogP contribution in [0.15, 0.2) is 48.5 Å². The van der Waals surface area contributed by atoms with Gasteiger partial charge in [0.2, 0.25) is 0 Å². The summed E-state index contributed by atoms with van der Waals surface area (Å²) in [6.45, 7) is 28.3. The average molecular weight is 953 g/mol. The lowest BCUT2D eigenvalue weighted by Crippen LogP contribution is -2.67. The van der Waals surface area contributed by atoms with Crippen LogP contribution in [0.25, 0.3) is 0 Å². The van der Waals surface area contributed by atoms with Crippen molar-refractivity contribution >= 4 is 0 Å². The van der Waals surface area contributed by atoms with Crippen LogP contribution in [-0.2, 0) is 47.6 Å². The van der Waals surface area contributed by atoms with E-state index in [1.54, 1.807) is 0 Å². The molecule has 6 aliphatic heterocycles. The van der Waals surface area contributed by atoms with Crippen LogP contribution in [0.4, 0.5) is 0 Å². The number of hydrogen-bond acceptors (Lipinski definition) is 14. The van der Waals surface area contributed by atoms with Crippen molar-refractivity contribution in [2.75, 3.05) is 66.1 Å². The van der Waals surface area contributed by atoms with Gasteiger partial charge in [-0.1, -0.05) is 52.0 Å². The van der Waals surface area contributed by atoms with Gasteiger partial charge in [0.05, 0.1) is 50.7 Å². The molecule has 68 heavy (non-hydrogen) atoms. The molecule has 14 nitrogen and oxygen atoms in total. The summed E-state index contributed by atoms with van der Waals surface area (Å²) in [5.41, 5.74) is 1.01. The summed E-state index contributed by atoms with van der Waals surface area (Å²) in [6.07, 6.45) is 8.22. The molecule has 6 fully saturated rings. The number of hydrogen-bond donors (Lipinski definition) is 0. The van der Waals surface area contributed by atoms with Crippen molar-refractivity contribution < 1.29 is 57.0 Å². The van der Waals surface area contributed by atoms with Gasteiger partial charge in [-0.2, -0.15) is 10.1 Å². The van der Waals surface area contributed by atoms with E-state index in [1.807, 2.05) is 24.3 Å². The van der Waals surface area contributed by atoms with Crippen LogP contribution >= 0.6 is 0 Å². The Bertz CT molecular complexity index is 1750. The Morgan fingerprint density at radius 1 is 0.515 bits per heavy atom. The van der Waals surface area contributed by atoms with Crippen molar-refractivity contribution in [3.63, 3.8) is 0 Å². The largest absolute Gasteiger partial charge is 0.491 e. The third-order valence-corrected chi connectivity index (χ3v) is 15.4. The lowest BCUT2D eigenvalue weighted by atomic mass is 9.73. The molecular weight excluding hydrogens is 869 g/mol. The average Bonchev–Trinajstić information content (AvgIpc) is 4.27. The monoisotopic (exact) mass is 953 g/mol. The smallest absolute Gasteiger partial charge is 0.172 e. The first-order chi connectivity index (χ1) is 32.6. The number of unbranched alkanes of at least 4 members (excludes halogenated alkanes) is 1. The number of rotatable bonds is 25. The first-order valence-electron chi connectivity index (χ1n) is 26.0. The molecule has 8 rings (SSSR count). The van der Waals surface area contributed by atoms with Gasteiger partial charge in [-0.05, 0) is 115 Å². The molecule has 2 spiro atoms. The molecule has 0 bridgehead atoms. The number of ether oxygens (including phenoxy) is 10. The fraction of sp³-hybridized carbons (Fsp3) is 0.778. The van der Waals surface area contributed by atoms with Crippen LogP contribution in [0.2, 0.25) is 0 Å². The summed E-state index contributed by atoms with van der Waals surface area (Å²) >= 11 is 0. The normalized spacial score (nSPS) is 31.3. The fourth-order valence-corrected chi connectivity index (χ4v) is 11.5. The predicted molar refractivity (Wildman–Crippen MR) is 257 cm³/mol. The van der Waals surface area contributed by atoms with E-state index in [4.69, 9.17) is 57.0 Å². The van der Waals surface area contributed by atoms with Crippen LogP contribution in [0.5, 0.6) is 11.5 Å². The molecule has 0 radical (unpaired) electrons. The lowest BCUT2D eigenvalue weighted by molar-refractivity contribution is -0.360. The Balaban J connectivity index is 0.740. The van der Waals surface area contributed by atoms with Crippen LogP contribution in [0.1, 0.15) is 157 Å². The molecule has 8 atom stereocenters. The minimum absolute atomic E-state index is 0.115. The van der Waals surface area contributed by atoms with Gasteiger partial charge >= 0.3 is 0 Å². The Kier molecular flexibility index (Phi) is 16.6. The quantitative estimate of drug-likeness (QED) is 0.0693. The van der Waals surface area contributed by atoms with Crippen molar-refractivity contribution in [2.24, 2.45) is 0 Å². The fourth-order valence-electron chi connectivity index (χ4n) is 11.5. The van der Waals surface area contributed by atoms with E-state index in [0.717, 1.165) is 87.2 Å². The zero-order chi connectivity index (χ0) is 48.2. The van der Waals surface area contributed by atoms with Crippen LogP contribution < -0.4 is 9.47 Å². The maximum atomic E-state index is 6.91. The highest BCUT2D eigenvalue weighted by atomic mass is 16.8. The van der Waals surface area contributed by atoms with Gasteiger partial charge in [-0.25, -0.2) is 0 Å². The van der Waals surface area contributed by atoms with Gasteiger partial charge in [-0.3, -0.25) is 9.68 Å². The highest BCUT2D eigenvalue weighted by Crippen LogP contribution is 2.54. The molecule has 0 amide bonds. The van der Waals surface area contributed by atoms with Crippen molar-refractivity contribution in [1.29, 1.82) is 0 Å². The molecule has 2 aromatic carbocycles. The maximum Gasteiger partial charge on any atom is 0.172 e. The topological polar surface area (TPSA) is 124 Å². The van der Waals surface area contributed by atoms with E-state index in [9.17, 15) is 0 Å². The Morgan fingerprint density at radius 2 is 0.882 bits per heavy atom. The van der Waals surface area contributed by atoms with E-state index in [2.05, 4.69) is 104 Å². The standard InChI is InChI=1S/C54H84N2O12/c1-11-51(12-2)37-53(35-49(7,8)55(51)67-39(5)41-17-21-43(22-18-41)59-29-45-31-61-45)63-33-47(65-53)27-57-25-15-16-26-58-28-48-34-64-54(66-48)36-50(9,10)56(52(13-3,14-4)38-54)68-40(6)42-19-23-44(24-20-42)60-30-46-32-62-46/h17-24,39-40,45-48H,11-16,25-38H2,1-10H3. The summed E-state index contributed by atoms with van der Waals surface area (Å²) in [5.74, 6) is 0.331. The molecule has 0 aromatic heterocycles. The summed E-state index contributed by atoms with van der Waals surface area (Å²) in [4.78, 5) is 13.8. The minimum Gasteiger partial charge on any atom is -0.491 e. The van der Waals surface area contributed by atoms with Gasteiger partial charge in [0.1, 0.15) is 61.3 Å². The van der Waals surface area contributed by atoms with Crippen LogP contribution in [0.3, 0.4) is 0 Å². The summed E-state index contributed by atoms with van der Waals surface area (Å²) < 4.78 is 61.5. The molecule has 382 valence electrons. The molecule has 6 saturated heterocycles. The molecule has 6 heterocycles. The van der Waals surface area contributed by atoms with Crippen molar-refractivity contribution in [3.8, 4) is 11.5 Å². The highest BCUT2D eigenvalue weighted by Gasteiger charge is 2.61. The predicted octanol–water partition coefficient (Wildman–Crippen LogP) is 9.83. The lowest BCUT2D eigenvalue weighted by Gasteiger charge is -2.59. The van der Waals surface area contributed by atoms with Crippen LogP contribution in [0, 0.1) is 0 Å². The van der Waals surface area contributed by atoms with Crippen LogP contribution in [-0.4, -0.2) is 134 Å². The van der Waals surface area contributed by atoms with Gasteiger partial charge in [0.25, 0.3) is 0 Å². The molecule has 6 aliphatic rings. The van der Waals surface area contributed by atoms with Gasteiger partial charge in [0, 0.05) is 50.0 Å². The molecule has 0 saturated carbocycles. The summed E-state index contributed by atoms with van der Waals surface area (Å²) in [6, 6.07) is 16.5. The Labute approximate surface area is 407 Å². The first kappa shape index (κ1) is 51.9. The minimum atomic E-state index is -0.682. The highest BCUT2D eigenvalue weighted by molar-refractivity contribution is 5.29. The SMILES string of the molecule is CCC1(CC)CC2(CC(C)(C)N1OC(C)c1ccc(OCC3CO3)cc1)OCC(COCCCCOCC1COC3(CC(C)(C)N(OC(C)c4ccc(OCC5CO5)cc4)C(CC)(CC)C3)O1)O2. The number of benzene rings is 2. The second-order valence-corrected chi connectivity index (χ2v) is 21.7. The summed E-state index contributed by atoms with van der Waals surface area (Å²) in [7, 11) is 0. The number of nitrogens with zero attached hydrogens (tertiary/aromatic N) is 2. The Hall–Kier alpha value is -2.44. The summed E-state index contributed by atoms with van der Waals surface area (Å²) in [5, 5.41) is 4.53. The second kappa shape index (κ2) is 21.7. The van der Waals surface area contributed by atoms with Gasteiger partial charge in [0.15, 0.2) is 11.6 Å². The molecule has 0 aliphatic carbocycles. The molecule has 14 heteroatoms. The van der Waals surface area contributed by atoms with Gasteiger partial charge in [-0.15, -0.1) is 0 Å². The van der Waals surface area contributed by atoms with Crippen molar-refractivity contribution in [2.45, 2.75) is 204 Å². The number of piperidine rings is 2. The zero-order valence-corrected chi connectivity index (χ0v) is 43.0. The zero-order valence-electron chi connectivity index (χ0n) is 43.0. The van der Waals surface area contributed by atoms with E-state index in [1.165, 1.54) is 0 Å². The number of hydroxylamine groups is 4. The molecule has 0 N–H and O–H groups in total. The van der Waals surface area contributed by atoms with Crippen molar-refractivity contribution in [1.82, 2.24) is 10.1 Å². The third-order valence-electron chi connectivity index (χ3n) is 15.4. The van der Waals surface area contributed by atoms with Crippen molar-refractivity contribution in [3.05, 3.63) is 59.7 Å². The second-order valence-electron chi connectivity index (χ2n) is 21.7. The molecule has 2 aromatic rings.